The van der Waals surface area contributed by atoms with Gasteiger partial charge < -0.3 is 5.11 Å². The number of hydrogen-bond acceptors (Lipinski definition) is 5. The van der Waals surface area contributed by atoms with Gasteiger partial charge in [-0.25, -0.2) is 0 Å². The van der Waals surface area contributed by atoms with Gasteiger partial charge in [0.25, 0.3) is 0 Å². The highest BCUT2D eigenvalue weighted by Crippen LogP contribution is 2.26. The van der Waals surface area contributed by atoms with Crippen molar-refractivity contribution in [3.8, 4) is 0 Å². The first kappa shape index (κ1) is 16.3. The minimum atomic E-state index is -0.879. The van der Waals surface area contributed by atoms with Gasteiger partial charge in [-0.3, -0.25) is 14.0 Å². The third kappa shape index (κ3) is 3.65. The Morgan fingerprint density at radius 1 is 1.25 bits per heavy atom. The van der Waals surface area contributed by atoms with Gasteiger partial charge in [-0.15, -0.1) is 10.2 Å². The average molecular weight is 343 g/mol. The van der Waals surface area contributed by atoms with Gasteiger partial charge in [0.05, 0.1) is 11.8 Å². The van der Waals surface area contributed by atoms with E-state index in [0.717, 1.165) is 11.4 Å². The fourth-order valence-electron chi connectivity index (χ4n) is 2.45. The fraction of sp³-hybridized carbons (Fsp3) is 0.250. The zero-order valence-electron chi connectivity index (χ0n) is 13.1. The summed E-state index contributed by atoms with van der Waals surface area (Å²) in [5.41, 5.74) is 1.11. The van der Waals surface area contributed by atoms with E-state index in [2.05, 4.69) is 22.2 Å². The van der Waals surface area contributed by atoms with Crippen molar-refractivity contribution in [1.82, 2.24) is 24.5 Å². The first-order valence-electron chi connectivity index (χ1n) is 7.46. The standard InChI is InChI=1S/C16H17N5O2S/c1-12(13-6-3-2-4-7-13)21-14(10-20-9-5-8-17-20)18-19-16(21)24-11-15(22)23/h2-9,12H,10-11H2,1H3,(H,22,23). The van der Waals surface area contributed by atoms with Crippen LogP contribution >= 0.6 is 11.8 Å². The lowest BCUT2D eigenvalue weighted by atomic mass is 10.1. The number of hydrogen-bond donors (Lipinski definition) is 1. The van der Waals surface area contributed by atoms with Gasteiger partial charge >= 0.3 is 5.97 Å². The van der Waals surface area contributed by atoms with Gasteiger partial charge in [0.2, 0.25) is 0 Å². The van der Waals surface area contributed by atoms with Crippen molar-refractivity contribution < 1.29 is 9.90 Å². The molecular formula is C16H17N5O2S. The van der Waals surface area contributed by atoms with E-state index in [9.17, 15) is 4.79 Å². The minimum Gasteiger partial charge on any atom is -0.481 e. The van der Waals surface area contributed by atoms with Crippen LogP contribution in [0.1, 0.15) is 24.4 Å². The largest absolute Gasteiger partial charge is 0.481 e. The lowest BCUT2D eigenvalue weighted by Gasteiger charge is -2.18. The molecule has 0 fully saturated rings. The summed E-state index contributed by atoms with van der Waals surface area (Å²) < 4.78 is 3.74. The van der Waals surface area contributed by atoms with Crippen molar-refractivity contribution in [3.63, 3.8) is 0 Å². The van der Waals surface area contributed by atoms with Crippen LogP contribution in [0.5, 0.6) is 0 Å². The van der Waals surface area contributed by atoms with Crippen LogP contribution in [0.15, 0.2) is 53.9 Å². The molecule has 0 radical (unpaired) electrons. The molecule has 2 heterocycles. The molecule has 3 aromatic rings. The summed E-state index contributed by atoms with van der Waals surface area (Å²) in [7, 11) is 0. The van der Waals surface area contributed by atoms with E-state index in [4.69, 9.17) is 5.11 Å². The molecule has 1 N–H and O–H groups in total. The second-order valence-corrected chi connectivity index (χ2v) is 6.18. The van der Waals surface area contributed by atoms with Crippen LogP contribution in [-0.4, -0.2) is 41.4 Å². The molecule has 1 atom stereocenters. The molecule has 0 aliphatic carbocycles. The molecule has 0 amide bonds. The Bertz CT molecular complexity index is 801. The summed E-state index contributed by atoms with van der Waals surface area (Å²) in [6.07, 6.45) is 3.57. The molecule has 1 unspecified atom stereocenters. The highest BCUT2D eigenvalue weighted by molar-refractivity contribution is 7.99. The average Bonchev–Trinajstić information content (AvgIpc) is 3.23. The SMILES string of the molecule is CC(c1ccccc1)n1c(Cn2cccn2)nnc1SCC(=O)O. The van der Waals surface area contributed by atoms with Crippen LogP contribution in [-0.2, 0) is 11.3 Å². The molecule has 0 aliphatic heterocycles. The van der Waals surface area contributed by atoms with Crippen LogP contribution in [0.25, 0.3) is 0 Å². The molecule has 3 rings (SSSR count). The fourth-order valence-corrected chi connectivity index (χ4v) is 3.20. The summed E-state index contributed by atoms with van der Waals surface area (Å²) in [6.45, 7) is 2.53. The number of aliphatic carboxylic acids is 1. The third-order valence-electron chi connectivity index (χ3n) is 3.59. The number of carbonyl (C=O) groups is 1. The number of carboxylic acids is 1. The molecule has 0 saturated carbocycles. The summed E-state index contributed by atoms with van der Waals surface area (Å²) in [5, 5.41) is 22.2. The summed E-state index contributed by atoms with van der Waals surface area (Å²) in [5.74, 6) is -0.194. The van der Waals surface area contributed by atoms with Gasteiger partial charge in [-0.1, -0.05) is 42.1 Å². The van der Waals surface area contributed by atoms with E-state index < -0.39 is 5.97 Å². The molecule has 0 bridgehead atoms. The lowest BCUT2D eigenvalue weighted by Crippen LogP contribution is -2.15. The normalized spacial score (nSPS) is 12.2. The molecule has 7 nitrogen and oxygen atoms in total. The number of thioether (sulfide) groups is 1. The van der Waals surface area contributed by atoms with Crippen molar-refractivity contribution >= 4 is 17.7 Å². The Morgan fingerprint density at radius 3 is 2.71 bits per heavy atom. The molecular weight excluding hydrogens is 326 g/mol. The van der Waals surface area contributed by atoms with Crippen molar-refractivity contribution in [2.75, 3.05) is 5.75 Å². The van der Waals surface area contributed by atoms with Crippen molar-refractivity contribution in [1.29, 1.82) is 0 Å². The van der Waals surface area contributed by atoms with E-state index in [-0.39, 0.29) is 11.8 Å². The summed E-state index contributed by atoms with van der Waals surface area (Å²) >= 11 is 1.17. The maximum atomic E-state index is 10.9. The minimum absolute atomic E-state index is 0.0111. The van der Waals surface area contributed by atoms with Crippen molar-refractivity contribution in [2.24, 2.45) is 0 Å². The quantitative estimate of drug-likeness (QED) is 0.663. The van der Waals surface area contributed by atoms with Gasteiger partial charge in [-0.2, -0.15) is 5.10 Å². The van der Waals surface area contributed by atoms with Crippen LogP contribution in [0.3, 0.4) is 0 Å². The Kier molecular flexibility index (Phi) is 4.95. The maximum absolute atomic E-state index is 10.9. The monoisotopic (exact) mass is 343 g/mol. The number of aromatic nitrogens is 5. The molecule has 0 spiro atoms. The number of rotatable bonds is 7. The zero-order chi connectivity index (χ0) is 16.9. The molecule has 124 valence electrons. The molecule has 2 aromatic heterocycles. The van der Waals surface area contributed by atoms with E-state index in [1.165, 1.54) is 11.8 Å². The second-order valence-electron chi connectivity index (χ2n) is 5.24. The number of nitrogens with zero attached hydrogens (tertiary/aromatic N) is 5. The zero-order valence-corrected chi connectivity index (χ0v) is 13.9. The first-order valence-corrected chi connectivity index (χ1v) is 8.44. The van der Waals surface area contributed by atoms with Gasteiger partial charge in [0, 0.05) is 12.4 Å². The Hall–Kier alpha value is -2.61. The Balaban J connectivity index is 1.95. The van der Waals surface area contributed by atoms with E-state index in [1.807, 2.05) is 47.2 Å². The Labute approximate surface area is 143 Å². The van der Waals surface area contributed by atoms with Crippen LogP contribution < -0.4 is 0 Å². The Morgan fingerprint density at radius 2 is 2.04 bits per heavy atom. The molecule has 24 heavy (non-hydrogen) atoms. The molecule has 0 saturated heterocycles. The van der Waals surface area contributed by atoms with Crippen LogP contribution in [0.2, 0.25) is 0 Å². The predicted octanol–water partition coefficient (Wildman–Crippen LogP) is 2.31. The first-order chi connectivity index (χ1) is 11.6. The summed E-state index contributed by atoms with van der Waals surface area (Å²) in [4.78, 5) is 10.9. The van der Waals surface area contributed by atoms with Crippen LogP contribution in [0.4, 0.5) is 0 Å². The smallest absolute Gasteiger partial charge is 0.313 e. The molecule has 0 aliphatic rings. The van der Waals surface area contributed by atoms with Gasteiger partial charge in [0.15, 0.2) is 11.0 Å². The number of benzene rings is 1. The van der Waals surface area contributed by atoms with Crippen molar-refractivity contribution in [3.05, 3.63) is 60.2 Å². The van der Waals surface area contributed by atoms with E-state index in [1.54, 1.807) is 10.9 Å². The predicted molar refractivity (Wildman–Crippen MR) is 90.0 cm³/mol. The van der Waals surface area contributed by atoms with Crippen molar-refractivity contribution in [2.45, 2.75) is 24.7 Å². The van der Waals surface area contributed by atoms with Gasteiger partial charge in [0.1, 0.15) is 6.54 Å². The van der Waals surface area contributed by atoms with E-state index >= 15 is 0 Å². The maximum Gasteiger partial charge on any atom is 0.313 e. The third-order valence-corrected chi connectivity index (χ3v) is 4.52. The van der Waals surface area contributed by atoms with E-state index in [0.29, 0.717) is 11.7 Å². The highest BCUT2D eigenvalue weighted by Gasteiger charge is 2.20. The second kappa shape index (κ2) is 7.31. The van der Waals surface area contributed by atoms with Gasteiger partial charge in [-0.05, 0) is 18.6 Å². The summed E-state index contributed by atoms with van der Waals surface area (Å²) in [6, 6.07) is 11.8. The highest BCUT2D eigenvalue weighted by atomic mass is 32.2. The van der Waals surface area contributed by atoms with Crippen LogP contribution in [0, 0.1) is 0 Å². The molecule has 8 heteroatoms. The lowest BCUT2D eigenvalue weighted by molar-refractivity contribution is -0.133. The topological polar surface area (TPSA) is 85.8 Å². The number of carboxylic acid groups (broad SMARTS) is 1. The molecule has 1 aromatic carbocycles.